The number of fused-ring (bicyclic) bond motifs is 1. The lowest BCUT2D eigenvalue weighted by molar-refractivity contribution is 0.121. The molecule has 1 fully saturated rings. The molecule has 1 aliphatic heterocycles. The van der Waals surface area contributed by atoms with Crippen LogP contribution in [0.1, 0.15) is 6.92 Å². The Morgan fingerprint density at radius 3 is 2.48 bits per heavy atom. The summed E-state index contributed by atoms with van der Waals surface area (Å²) in [5.74, 6) is 0.586. The average molecular weight is 323 g/mol. The van der Waals surface area contributed by atoms with Crippen molar-refractivity contribution in [2.75, 3.05) is 31.2 Å². The lowest BCUT2D eigenvalue weighted by Gasteiger charge is -2.28. The second-order valence-corrected chi connectivity index (χ2v) is 5.85. The van der Waals surface area contributed by atoms with Gasteiger partial charge in [-0.15, -0.1) is 0 Å². The zero-order valence-electron chi connectivity index (χ0n) is 13.5. The molecule has 0 spiro atoms. The maximum Gasteiger partial charge on any atom is 0.332 e. The number of imidazole rings is 1. The average Bonchev–Trinajstić information content (AvgIpc) is 2.90. The number of aromatic nitrogens is 4. The Bertz CT molecular complexity index is 841. The maximum absolute atomic E-state index is 12.6. The van der Waals surface area contributed by atoms with Crippen molar-refractivity contribution in [3.8, 4) is 0 Å². The van der Waals surface area contributed by atoms with E-state index in [1.807, 2.05) is 4.90 Å². The highest BCUT2D eigenvalue weighted by atomic mass is 16.5. The minimum atomic E-state index is -0.644. The van der Waals surface area contributed by atoms with Crippen molar-refractivity contribution in [2.45, 2.75) is 19.6 Å². The molecule has 0 aromatic carbocycles. The molecule has 3 heterocycles. The lowest BCUT2D eigenvalue weighted by Crippen LogP contribution is -2.39. The van der Waals surface area contributed by atoms with E-state index >= 15 is 0 Å². The van der Waals surface area contributed by atoms with Crippen molar-refractivity contribution >= 4 is 17.1 Å². The molecule has 0 unspecified atom stereocenters. The molecule has 23 heavy (non-hydrogen) atoms. The van der Waals surface area contributed by atoms with E-state index in [1.165, 1.54) is 11.6 Å². The summed E-state index contributed by atoms with van der Waals surface area (Å²) < 4.78 is 9.48. The molecule has 9 nitrogen and oxygen atoms in total. The Balaban J connectivity index is 2.31. The highest BCUT2D eigenvalue weighted by Crippen LogP contribution is 2.21. The molecule has 0 saturated carbocycles. The van der Waals surface area contributed by atoms with Crippen LogP contribution >= 0.6 is 0 Å². The third-order valence-corrected chi connectivity index (χ3v) is 4.07. The first-order valence-corrected chi connectivity index (χ1v) is 7.58. The molecule has 2 aromatic rings. The van der Waals surface area contributed by atoms with E-state index in [-0.39, 0.29) is 6.54 Å². The first kappa shape index (κ1) is 15.8. The summed E-state index contributed by atoms with van der Waals surface area (Å²) in [6.07, 6.45) is -0.644. The fourth-order valence-electron chi connectivity index (χ4n) is 2.88. The maximum atomic E-state index is 12.6. The van der Waals surface area contributed by atoms with Gasteiger partial charge in [0, 0.05) is 27.2 Å². The first-order valence-electron chi connectivity index (χ1n) is 7.58. The van der Waals surface area contributed by atoms with Crippen molar-refractivity contribution < 1.29 is 9.84 Å². The van der Waals surface area contributed by atoms with E-state index in [0.29, 0.717) is 43.4 Å². The Kier molecular flexibility index (Phi) is 3.99. The SMILES string of the molecule is C[C@@H](O)Cn1c(N2CCOCC2)nc2c1c(=O)n(C)c(=O)n2C. The Labute approximate surface area is 132 Å². The monoisotopic (exact) mass is 323 g/mol. The number of anilines is 1. The van der Waals surface area contributed by atoms with E-state index in [1.54, 1.807) is 18.5 Å². The van der Waals surface area contributed by atoms with Gasteiger partial charge in [-0.05, 0) is 6.92 Å². The topological polar surface area (TPSA) is 94.5 Å². The van der Waals surface area contributed by atoms with Crippen molar-refractivity contribution in [1.29, 1.82) is 0 Å². The van der Waals surface area contributed by atoms with Crippen molar-refractivity contribution in [2.24, 2.45) is 14.1 Å². The van der Waals surface area contributed by atoms with Gasteiger partial charge in [-0.2, -0.15) is 4.98 Å². The largest absolute Gasteiger partial charge is 0.392 e. The smallest absolute Gasteiger partial charge is 0.332 e. The number of aliphatic hydroxyl groups excluding tert-OH is 1. The minimum absolute atomic E-state index is 0.233. The molecular weight excluding hydrogens is 302 g/mol. The third-order valence-electron chi connectivity index (χ3n) is 4.07. The quantitative estimate of drug-likeness (QED) is 0.751. The molecule has 0 amide bonds. The second kappa shape index (κ2) is 5.82. The van der Waals surface area contributed by atoms with E-state index in [4.69, 9.17) is 4.74 Å². The first-order chi connectivity index (χ1) is 10.9. The molecule has 1 saturated heterocycles. The third kappa shape index (κ3) is 2.55. The summed E-state index contributed by atoms with van der Waals surface area (Å²) in [6, 6.07) is 0. The fraction of sp³-hybridized carbons (Fsp3) is 0.643. The summed E-state index contributed by atoms with van der Waals surface area (Å²) in [5, 5.41) is 9.82. The number of ether oxygens (including phenoxy) is 1. The second-order valence-electron chi connectivity index (χ2n) is 5.85. The molecule has 0 aliphatic carbocycles. The molecule has 9 heteroatoms. The van der Waals surface area contributed by atoms with Gasteiger partial charge in [0.05, 0.1) is 25.9 Å². The van der Waals surface area contributed by atoms with Gasteiger partial charge in [0.15, 0.2) is 11.2 Å². The molecule has 0 bridgehead atoms. The number of aryl methyl sites for hydroxylation is 1. The molecular formula is C14H21N5O4. The van der Waals surface area contributed by atoms with Gasteiger partial charge in [-0.3, -0.25) is 13.9 Å². The molecule has 1 N–H and O–H groups in total. The Morgan fingerprint density at radius 2 is 1.87 bits per heavy atom. The summed E-state index contributed by atoms with van der Waals surface area (Å²) >= 11 is 0. The fourth-order valence-corrected chi connectivity index (χ4v) is 2.88. The van der Waals surface area contributed by atoms with E-state index < -0.39 is 17.4 Å². The number of rotatable bonds is 3. The van der Waals surface area contributed by atoms with Crippen LogP contribution in [0.2, 0.25) is 0 Å². The van der Waals surface area contributed by atoms with Crippen LogP contribution in [0, 0.1) is 0 Å². The molecule has 2 aromatic heterocycles. The van der Waals surface area contributed by atoms with Crippen LogP contribution in [-0.2, 0) is 25.4 Å². The zero-order valence-corrected chi connectivity index (χ0v) is 13.5. The molecule has 1 atom stereocenters. The van der Waals surface area contributed by atoms with Crippen LogP contribution in [0.4, 0.5) is 5.95 Å². The van der Waals surface area contributed by atoms with Crippen LogP contribution in [0.5, 0.6) is 0 Å². The highest BCUT2D eigenvalue weighted by molar-refractivity contribution is 5.74. The van der Waals surface area contributed by atoms with Gasteiger partial charge in [0.1, 0.15) is 0 Å². The van der Waals surface area contributed by atoms with Crippen LogP contribution in [0.25, 0.3) is 11.2 Å². The Hall–Kier alpha value is -2.13. The van der Waals surface area contributed by atoms with Crippen LogP contribution < -0.4 is 16.1 Å². The summed E-state index contributed by atoms with van der Waals surface area (Å²) in [6.45, 7) is 4.34. The van der Waals surface area contributed by atoms with Crippen LogP contribution in [0.3, 0.4) is 0 Å². The van der Waals surface area contributed by atoms with Gasteiger partial charge >= 0.3 is 5.69 Å². The minimum Gasteiger partial charge on any atom is -0.392 e. The molecule has 0 radical (unpaired) electrons. The number of nitrogens with zero attached hydrogens (tertiary/aromatic N) is 5. The highest BCUT2D eigenvalue weighted by Gasteiger charge is 2.24. The van der Waals surface area contributed by atoms with Crippen molar-refractivity contribution in [3.05, 3.63) is 20.8 Å². The summed E-state index contributed by atoms with van der Waals surface area (Å²) in [5.41, 5.74) is -0.161. The number of morpholine rings is 1. The Morgan fingerprint density at radius 1 is 1.22 bits per heavy atom. The number of aliphatic hydroxyl groups is 1. The van der Waals surface area contributed by atoms with E-state index in [2.05, 4.69) is 4.98 Å². The molecule has 3 rings (SSSR count). The van der Waals surface area contributed by atoms with E-state index in [9.17, 15) is 14.7 Å². The summed E-state index contributed by atoms with van der Waals surface area (Å²) in [7, 11) is 3.03. The summed E-state index contributed by atoms with van der Waals surface area (Å²) in [4.78, 5) is 31.2. The van der Waals surface area contributed by atoms with Crippen LogP contribution in [-0.4, -0.2) is 56.2 Å². The normalized spacial score (nSPS) is 17.0. The van der Waals surface area contributed by atoms with Crippen molar-refractivity contribution in [3.63, 3.8) is 0 Å². The molecule has 1 aliphatic rings. The predicted octanol–water partition coefficient (Wildman–Crippen LogP) is -1.35. The lowest BCUT2D eigenvalue weighted by atomic mass is 10.4. The van der Waals surface area contributed by atoms with Gasteiger partial charge in [-0.1, -0.05) is 0 Å². The van der Waals surface area contributed by atoms with Gasteiger partial charge in [0.25, 0.3) is 5.56 Å². The van der Waals surface area contributed by atoms with E-state index in [0.717, 1.165) is 4.57 Å². The predicted molar refractivity (Wildman–Crippen MR) is 84.9 cm³/mol. The number of hydrogen-bond acceptors (Lipinski definition) is 6. The van der Waals surface area contributed by atoms with Gasteiger partial charge < -0.3 is 19.3 Å². The zero-order chi connectivity index (χ0) is 16.7. The van der Waals surface area contributed by atoms with Crippen molar-refractivity contribution in [1.82, 2.24) is 18.7 Å². The van der Waals surface area contributed by atoms with Gasteiger partial charge in [-0.25, -0.2) is 4.79 Å². The number of hydrogen-bond donors (Lipinski definition) is 1. The standard InChI is InChI=1S/C14H21N5O4/c1-9(20)8-19-10-11(16(2)14(22)17(3)12(10)21)15-13(19)18-4-6-23-7-5-18/h9,20H,4-8H2,1-3H3/t9-/m1/s1. The van der Waals surface area contributed by atoms with Crippen LogP contribution in [0.15, 0.2) is 9.59 Å². The van der Waals surface area contributed by atoms with Gasteiger partial charge in [0.2, 0.25) is 5.95 Å². The molecule has 126 valence electrons.